The highest BCUT2D eigenvalue weighted by Gasteiger charge is 2.41. The molecule has 1 aromatic carbocycles. The van der Waals surface area contributed by atoms with Crippen molar-refractivity contribution in [1.29, 1.82) is 0 Å². The van der Waals surface area contributed by atoms with Crippen molar-refractivity contribution in [2.45, 2.75) is 52.6 Å². The topological polar surface area (TPSA) is 76.2 Å². The van der Waals surface area contributed by atoms with Crippen LogP contribution >= 0.6 is 0 Å². The van der Waals surface area contributed by atoms with Gasteiger partial charge in [-0.05, 0) is 58.2 Å². The first-order valence-corrected chi connectivity index (χ1v) is 10.3. The molecule has 1 saturated heterocycles. The molecule has 0 atom stereocenters. The molecule has 0 aliphatic carbocycles. The molecule has 2 amide bonds. The molecule has 29 heavy (non-hydrogen) atoms. The van der Waals surface area contributed by atoms with Crippen LogP contribution in [0.25, 0.3) is 0 Å². The van der Waals surface area contributed by atoms with Gasteiger partial charge in [0.15, 0.2) is 5.60 Å². The van der Waals surface area contributed by atoms with Crippen molar-refractivity contribution < 1.29 is 23.9 Å². The quantitative estimate of drug-likeness (QED) is 0.708. The van der Waals surface area contributed by atoms with Gasteiger partial charge in [0.1, 0.15) is 5.75 Å². The van der Waals surface area contributed by atoms with Crippen LogP contribution in [0.3, 0.4) is 0 Å². The first-order chi connectivity index (χ1) is 13.7. The number of aryl methyl sites for hydroxylation is 1. The molecule has 0 spiro atoms. The van der Waals surface area contributed by atoms with Gasteiger partial charge in [0.25, 0.3) is 5.91 Å². The Morgan fingerprint density at radius 1 is 1.24 bits per heavy atom. The molecule has 2 aliphatic heterocycles. The lowest BCUT2D eigenvalue weighted by atomic mass is 9.96. The van der Waals surface area contributed by atoms with Gasteiger partial charge in [0, 0.05) is 26.1 Å². The molecule has 7 heteroatoms. The molecule has 0 aromatic heterocycles. The lowest BCUT2D eigenvalue weighted by Gasteiger charge is -2.39. The van der Waals surface area contributed by atoms with E-state index in [1.807, 2.05) is 25.1 Å². The van der Waals surface area contributed by atoms with Crippen LogP contribution < -0.4 is 9.64 Å². The average Bonchev–Trinajstić information content (AvgIpc) is 2.69. The van der Waals surface area contributed by atoms with Crippen LogP contribution in [0.4, 0.5) is 5.69 Å². The Balaban J connectivity index is 1.62. The van der Waals surface area contributed by atoms with E-state index in [1.54, 1.807) is 30.6 Å². The third-order valence-corrected chi connectivity index (χ3v) is 5.55. The fourth-order valence-electron chi connectivity index (χ4n) is 3.89. The summed E-state index contributed by atoms with van der Waals surface area (Å²) in [5.41, 5.74) is 0.767. The maximum atomic E-state index is 12.9. The smallest absolute Gasteiger partial charge is 0.309 e. The van der Waals surface area contributed by atoms with Gasteiger partial charge in [0.2, 0.25) is 5.91 Å². The van der Waals surface area contributed by atoms with Crippen molar-refractivity contribution in [3.8, 4) is 5.75 Å². The molecule has 3 rings (SSSR count). The van der Waals surface area contributed by atoms with Crippen molar-refractivity contribution in [2.75, 3.05) is 31.1 Å². The van der Waals surface area contributed by atoms with E-state index in [-0.39, 0.29) is 30.1 Å². The average molecular weight is 402 g/mol. The molecule has 2 aliphatic rings. The molecule has 158 valence electrons. The Morgan fingerprint density at radius 3 is 2.59 bits per heavy atom. The second-order valence-corrected chi connectivity index (χ2v) is 8.20. The van der Waals surface area contributed by atoms with Crippen LogP contribution in [0.15, 0.2) is 18.2 Å². The standard InChI is InChI=1S/C22H30N2O5/c1-5-28-20(26)16-8-11-23(12-9-16)19(25)10-13-24-17-14-15(2)6-7-18(17)29-22(3,4)21(24)27/h6-7,14,16H,5,8-13H2,1-4H3. The molecule has 1 aromatic rings. The van der Waals surface area contributed by atoms with Crippen LogP contribution in [0, 0.1) is 12.8 Å². The predicted molar refractivity (Wildman–Crippen MR) is 109 cm³/mol. The van der Waals surface area contributed by atoms with Crippen LogP contribution in [0.5, 0.6) is 5.75 Å². The summed E-state index contributed by atoms with van der Waals surface area (Å²) in [6.45, 7) is 9.01. The summed E-state index contributed by atoms with van der Waals surface area (Å²) in [5, 5.41) is 0. The van der Waals surface area contributed by atoms with Crippen LogP contribution in [0.2, 0.25) is 0 Å². The molecule has 2 heterocycles. The number of carbonyl (C=O) groups excluding carboxylic acids is 3. The number of amides is 2. The zero-order valence-electron chi connectivity index (χ0n) is 17.7. The number of nitrogens with zero attached hydrogens (tertiary/aromatic N) is 2. The highest BCUT2D eigenvalue weighted by molar-refractivity contribution is 6.02. The largest absolute Gasteiger partial charge is 0.476 e. The normalized spacial score (nSPS) is 18.8. The van der Waals surface area contributed by atoms with Crippen molar-refractivity contribution in [1.82, 2.24) is 4.90 Å². The van der Waals surface area contributed by atoms with Crippen molar-refractivity contribution >= 4 is 23.5 Å². The first kappa shape index (κ1) is 21.1. The maximum Gasteiger partial charge on any atom is 0.309 e. The van der Waals surface area contributed by atoms with E-state index in [0.29, 0.717) is 50.5 Å². The second kappa shape index (κ2) is 8.43. The first-order valence-electron chi connectivity index (χ1n) is 10.3. The van der Waals surface area contributed by atoms with Gasteiger partial charge in [-0.3, -0.25) is 14.4 Å². The summed E-state index contributed by atoms with van der Waals surface area (Å²) in [6.07, 6.45) is 1.48. The summed E-state index contributed by atoms with van der Waals surface area (Å²) in [6, 6.07) is 5.73. The number of rotatable bonds is 5. The van der Waals surface area contributed by atoms with Gasteiger partial charge in [-0.15, -0.1) is 0 Å². The number of ether oxygens (including phenoxy) is 2. The number of anilines is 1. The SMILES string of the molecule is CCOC(=O)C1CCN(C(=O)CCN2C(=O)C(C)(C)Oc3ccc(C)cc32)CC1. The minimum atomic E-state index is -0.969. The Hall–Kier alpha value is -2.57. The molecular weight excluding hydrogens is 372 g/mol. The summed E-state index contributed by atoms with van der Waals surface area (Å²) >= 11 is 0. The number of fused-ring (bicyclic) bond motifs is 1. The molecular formula is C22H30N2O5. The van der Waals surface area contributed by atoms with Crippen molar-refractivity contribution in [3.63, 3.8) is 0 Å². The fourth-order valence-corrected chi connectivity index (χ4v) is 3.89. The van der Waals surface area contributed by atoms with Crippen molar-refractivity contribution in [2.24, 2.45) is 5.92 Å². The monoisotopic (exact) mass is 402 g/mol. The summed E-state index contributed by atoms with van der Waals surface area (Å²) in [7, 11) is 0. The van der Waals surface area contributed by atoms with Gasteiger partial charge in [-0.2, -0.15) is 0 Å². The molecule has 7 nitrogen and oxygen atoms in total. The zero-order valence-corrected chi connectivity index (χ0v) is 17.7. The minimum Gasteiger partial charge on any atom is -0.476 e. The van der Waals surface area contributed by atoms with E-state index in [4.69, 9.17) is 9.47 Å². The van der Waals surface area contributed by atoms with Gasteiger partial charge in [0.05, 0.1) is 18.2 Å². The fraction of sp³-hybridized carbons (Fsp3) is 0.591. The number of hydrogen-bond donors (Lipinski definition) is 0. The zero-order chi connectivity index (χ0) is 21.2. The van der Waals surface area contributed by atoms with E-state index in [0.717, 1.165) is 5.56 Å². The lowest BCUT2D eigenvalue weighted by molar-refractivity contribution is -0.151. The molecule has 0 unspecified atom stereocenters. The summed E-state index contributed by atoms with van der Waals surface area (Å²) < 4.78 is 10.9. The van der Waals surface area contributed by atoms with E-state index in [9.17, 15) is 14.4 Å². The lowest BCUT2D eigenvalue weighted by Crippen LogP contribution is -2.53. The number of hydrogen-bond acceptors (Lipinski definition) is 5. The van der Waals surface area contributed by atoms with Gasteiger partial charge in [-0.1, -0.05) is 6.07 Å². The Kier molecular flexibility index (Phi) is 6.15. The van der Waals surface area contributed by atoms with Gasteiger partial charge in [-0.25, -0.2) is 0 Å². The van der Waals surface area contributed by atoms with Crippen molar-refractivity contribution in [3.05, 3.63) is 23.8 Å². The molecule has 0 N–H and O–H groups in total. The van der Waals surface area contributed by atoms with E-state index >= 15 is 0 Å². The number of likely N-dealkylation sites (tertiary alicyclic amines) is 1. The second-order valence-electron chi connectivity index (χ2n) is 8.20. The molecule has 0 bridgehead atoms. The Labute approximate surface area is 171 Å². The third-order valence-electron chi connectivity index (χ3n) is 5.55. The summed E-state index contributed by atoms with van der Waals surface area (Å²) in [5.74, 6) is 0.203. The van der Waals surface area contributed by atoms with Gasteiger partial charge >= 0.3 is 5.97 Å². The number of esters is 1. The van der Waals surface area contributed by atoms with Crippen LogP contribution in [-0.4, -0.2) is 54.5 Å². The van der Waals surface area contributed by atoms with Gasteiger partial charge < -0.3 is 19.3 Å². The molecule has 0 radical (unpaired) electrons. The predicted octanol–water partition coefficient (Wildman–Crippen LogP) is 2.69. The van der Waals surface area contributed by atoms with E-state index in [1.165, 1.54) is 0 Å². The van der Waals surface area contributed by atoms with E-state index < -0.39 is 5.60 Å². The maximum absolute atomic E-state index is 12.9. The highest BCUT2D eigenvalue weighted by atomic mass is 16.5. The van der Waals surface area contributed by atoms with E-state index in [2.05, 4.69) is 0 Å². The Bertz CT molecular complexity index is 796. The highest BCUT2D eigenvalue weighted by Crippen LogP contribution is 2.38. The summed E-state index contributed by atoms with van der Waals surface area (Å²) in [4.78, 5) is 41.0. The van der Waals surface area contributed by atoms with Crippen LogP contribution in [-0.2, 0) is 19.1 Å². The van der Waals surface area contributed by atoms with Crippen LogP contribution in [0.1, 0.15) is 45.6 Å². The molecule has 1 fully saturated rings. The number of carbonyl (C=O) groups is 3. The Morgan fingerprint density at radius 2 is 1.93 bits per heavy atom. The number of piperidine rings is 1. The third kappa shape index (κ3) is 4.54. The molecule has 0 saturated carbocycles. The number of benzene rings is 1. The minimum absolute atomic E-state index is 0.00129.